The molecule has 29 heavy (non-hydrogen) atoms. The average molecular weight is 387 g/mol. The minimum Gasteiger partial charge on any atom is -0.387 e. The maximum atomic E-state index is 3.75. The summed E-state index contributed by atoms with van der Waals surface area (Å²) in [7, 11) is 0. The third-order valence-corrected chi connectivity index (χ3v) is 5.46. The van der Waals surface area contributed by atoms with Crippen molar-refractivity contribution in [2.45, 2.75) is 44.9 Å². The fourth-order valence-corrected chi connectivity index (χ4v) is 3.83. The van der Waals surface area contributed by atoms with E-state index in [1.165, 1.54) is 28.1 Å². The molecule has 0 aromatic heterocycles. The molecule has 0 spiro atoms. The molecule has 2 atom stereocenters. The summed E-state index contributed by atoms with van der Waals surface area (Å²) in [5.74, 6) is 0. The number of hydrogen-bond donors (Lipinski definition) is 4. The Balaban J connectivity index is 1.41. The van der Waals surface area contributed by atoms with Crippen molar-refractivity contribution in [3.8, 4) is 0 Å². The van der Waals surface area contributed by atoms with Crippen LogP contribution in [0.15, 0.2) is 96.2 Å². The highest BCUT2D eigenvalue weighted by Crippen LogP contribution is 2.24. The van der Waals surface area contributed by atoms with Crippen LogP contribution in [0.3, 0.4) is 0 Å². The average Bonchev–Trinajstić information content (AvgIpc) is 2.84. The molecule has 0 amide bonds. The second-order valence-electron chi connectivity index (χ2n) is 7.70. The van der Waals surface area contributed by atoms with E-state index < -0.39 is 0 Å². The van der Waals surface area contributed by atoms with Gasteiger partial charge >= 0.3 is 0 Å². The van der Waals surface area contributed by atoms with Crippen molar-refractivity contribution >= 4 is 0 Å². The van der Waals surface area contributed by atoms with Crippen LogP contribution in [0.5, 0.6) is 0 Å². The van der Waals surface area contributed by atoms with E-state index in [9.17, 15) is 0 Å². The smallest absolute Gasteiger partial charge is 0.121 e. The van der Waals surface area contributed by atoms with Gasteiger partial charge in [0, 0.05) is 12.2 Å². The highest BCUT2D eigenvalue weighted by molar-refractivity contribution is 5.36. The summed E-state index contributed by atoms with van der Waals surface area (Å²) in [5, 5.41) is 14.4. The first kappa shape index (κ1) is 19.2. The number of hydrogen-bond acceptors (Lipinski definition) is 4. The zero-order chi connectivity index (χ0) is 19.9. The Labute approximate surface area is 173 Å². The van der Waals surface area contributed by atoms with E-state index in [1.807, 2.05) is 12.3 Å². The summed E-state index contributed by atoms with van der Waals surface area (Å²) in [6, 6.07) is 8.84. The van der Waals surface area contributed by atoms with Gasteiger partial charge < -0.3 is 21.3 Å². The van der Waals surface area contributed by atoms with Crippen LogP contribution in [0.2, 0.25) is 0 Å². The number of aryl methyl sites for hydroxylation is 1. The van der Waals surface area contributed by atoms with E-state index in [0.29, 0.717) is 0 Å². The Morgan fingerprint density at radius 2 is 2.00 bits per heavy atom. The van der Waals surface area contributed by atoms with Crippen molar-refractivity contribution in [3.05, 3.63) is 107 Å². The van der Waals surface area contributed by atoms with Crippen molar-refractivity contribution in [2.75, 3.05) is 0 Å². The molecule has 1 aromatic carbocycles. The summed E-state index contributed by atoms with van der Waals surface area (Å²) in [5.41, 5.74) is 6.45. The van der Waals surface area contributed by atoms with E-state index in [4.69, 9.17) is 0 Å². The minimum absolute atomic E-state index is 0.136. The summed E-state index contributed by atoms with van der Waals surface area (Å²) < 4.78 is 0. The summed E-state index contributed by atoms with van der Waals surface area (Å²) >= 11 is 0. The first-order chi connectivity index (χ1) is 14.3. The molecule has 2 heterocycles. The van der Waals surface area contributed by atoms with Gasteiger partial charge in [-0.2, -0.15) is 0 Å². The molecule has 4 heteroatoms. The van der Waals surface area contributed by atoms with Crippen LogP contribution < -0.4 is 21.3 Å². The predicted octanol–water partition coefficient (Wildman–Crippen LogP) is 4.04. The molecule has 1 aliphatic carbocycles. The number of rotatable bonds is 5. The minimum atomic E-state index is 0.136. The van der Waals surface area contributed by atoms with Crippen LogP contribution in [0.4, 0.5) is 0 Å². The molecule has 150 valence electrons. The lowest BCUT2D eigenvalue weighted by Gasteiger charge is -2.39. The summed E-state index contributed by atoms with van der Waals surface area (Å²) in [6.45, 7) is 2.96. The van der Waals surface area contributed by atoms with Gasteiger partial charge in [-0.1, -0.05) is 60.2 Å². The second-order valence-corrected chi connectivity index (χ2v) is 7.70. The normalized spacial score (nSPS) is 27.0. The molecular formula is C25H30N4. The first-order valence-electron chi connectivity index (χ1n) is 10.4. The van der Waals surface area contributed by atoms with Crippen molar-refractivity contribution in [3.63, 3.8) is 0 Å². The van der Waals surface area contributed by atoms with Crippen LogP contribution in [-0.4, -0.2) is 12.2 Å². The second kappa shape index (κ2) is 9.37. The summed E-state index contributed by atoms with van der Waals surface area (Å²) in [6.07, 6.45) is 22.4. The van der Waals surface area contributed by atoms with E-state index in [0.717, 1.165) is 25.8 Å². The van der Waals surface area contributed by atoms with E-state index >= 15 is 0 Å². The molecule has 0 fully saturated rings. The Morgan fingerprint density at radius 1 is 1.10 bits per heavy atom. The quantitative estimate of drug-likeness (QED) is 0.617. The fourth-order valence-electron chi connectivity index (χ4n) is 3.83. The van der Waals surface area contributed by atoms with Gasteiger partial charge in [-0.25, -0.2) is 0 Å². The molecule has 1 aromatic rings. The van der Waals surface area contributed by atoms with Crippen LogP contribution >= 0.6 is 0 Å². The van der Waals surface area contributed by atoms with Crippen molar-refractivity contribution in [2.24, 2.45) is 0 Å². The number of benzene rings is 1. The Hall–Kier alpha value is -3.14. The number of fused-ring (bicyclic) bond motifs is 1. The predicted molar refractivity (Wildman–Crippen MR) is 121 cm³/mol. The monoisotopic (exact) mass is 386 g/mol. The first-order valence-corrected chi connectivity index (χ1v) is 10.4. The van der Waals surface area contributed by atoms with Gasteiger partial charge in [0.25, 0.3) is 0 Å². The van der Waals surface area contributed by atoms with Crippen LogP contribution in [-0.2, 0) is 6.54 Å². The molecule has 4 rings (SSSR count). The fraction of sp³-hybridized carbons (Fsp3) is 0.280. The van der Waals surface area contributed by atoms with E-state index in [1.54, 1.807) is 0 Å². The van der Waals surface area contributed by atoms with Gasteiger partial charge in [-0.3, -0.25) is 0 Å². The lowest BCUT2D eigenvalue weighted by Crippen LogP contribution is -2.58. The van der Waals surface area contributed by atoms with Crippen LogP contribution in [0.25, 0.3) is 0 Å². The lowest BCUT2D eigenvalue weighted by molar-refractivity contribution is 0.381. The van der Waals surface area contributed by atoms with Gasteiger partial charge in [-0.05, 0) is 61.9 Å². The van der Waals surface area contributed by atoms with Crippen molar-refractivity contribution < 1.29 is 0 Å². The summed E-state index contributed by atoms with van der Waals surface area (Å²) in [4.78, 5) is 0. The number of allylic oxidation sites excluding steroid dienone is 8. The Morgan fingerprint density at radius 3 is 2.90 bits per heavy atom. The largest absolute Gasteiger partial charge is 0.387 e. The maximum Gasteiger partial charge on any atom is 0.121 e. The van der Waals surface area contributed by atoms with Gasteiger partial charge in [0.2, 0.25) is 0 Å². The van der Waals surface area contributed by atoms with Gasteiger partial charge in [0.1, 0.15) is 6.17 Å². The van der Waals surface area contributed by atoms with Gasteiger partial charge in [0.05, 0.1) is 11.7 Å². The molecule has 4 N–H and O–H groups in total. The zero-order valence-electron chi connectivity index (χ0n) is 17.0. The maximum absolute atomic E-state index is 3.75. The molecular weight excluding hydrogens is 356 g/mol. The van der Waals surface area contributed by atoms with E-state index in [2.05, 4.69) is 95.1 Å². The lowest BCUT2D eigenvalue weighted by atomic mass is 9.95. The highest BCUT2D eigenvalue weighted by Gasteiger charge is 2.30. The van der Waals surface area contributed by atoms with Gasteiger partial charge in [0.15, 0.2) is 0 Å². The zero-order valence-corrected chi connectivity index (χ0v) is 17.0. The topological polar surface area (TPSA) is 48.1 Å². The van der Waals surface area contributed by atoms with Crippen molar-refractivity contribution in [1.29, 1.82) is 0 Å². The molecule has 2 aliphatic heterocycles. The Kier molecular flexibility index (Phi) is 6.20. The molecule has 4 nitrogen and oxygen atoms in total. The molecule has 0 bridgehead atoms. The SMILES string of the molecule is Cc1ccc(CN/C=C/C\C2=C/C=C\C=C\NC3NC4=C(C=CCC4)NC23)cc1. The van der Waals surface area contributed by atoms with Crippen molar-refractivity contribution in [1.82, 2.24) is 21.3 Å². The molecule has 2 unspecified atom stereocenters. The molecule has 0 radical (unpaired) electrons. The molecule has 0 saturated heterocycles. The standard InChI is InChI=1S/C25H30N4/c1-19-12-14-20(15-13-19)18-26-16-7-9-21-8-3-2-6-17-27-25-24(21)28-22-10-4-5-11-23(22)29-25/h2-4,6-8,10,12-17,24-29H,5,9,11,18H2,1H3/b3-2-,16-7+,17-6+,21-8+. The molecule has 3 aliphatic rings. The van der Waals surface area contributed by atoms with Crippen LogP contribution in [0, 0.1) is 6.92 Å². The third kappa shape index (κ3) is 5.02. The van der Waals surface area contributed by atoms with E-state index in [-0.39, 0.29) is 12.2 Å². The number of nitrogens with one attached hydrogen (secondary N) is 4. The Bertz CT molecular complexity index is 884. The van der Waals surface area contributed by atoms with Gasteiger partial charge in [-0.15, -0.1) is 0 Å². The highest BCUT2D eigenvalue weighted by atomic mass is 15.2. The third-order valence-electron chi connectivity index (χ3n) is 5.46. The van der Waals surface area contributed by atoms with Crippen LogP contribution in [0.1, 0.15) is 30.4 Å². The molecule has 0 saturated carbocycles.